The highest BCUT2D eigenvalue weighted by Crippen LogP contribution is 2.16. The van der Waals surface area contributed by atoms with Gasteiger partial charge in [-0.2, -0.15) is 9.50 Å². The van der Waals surface area contributed by atoms with Crippen LogP contribution < -0.4 is 10.9 Å². The maximum Gasteiger partial charge on any atom is 0.274 e. The second-order valence-electron chi connectivity index (χ2n) is 6.19. The van der Waals surface area contributed by atoms with Crippen LogP contribution in [-0.2, 0) is 6.54 Å². The minimum atomic E-state index is -0.178. The summed E-state index contributed by atoms with van der Waals surface area (Å²) in [6, 6.07) is 9.48. The van der Waals surface area contributed by atoms with Crippen molar-refractivity contribution in [3.05, 3.63) is 75.4 Å². The van der Waals surface area contributed by atoms with Gasteiger partial charge in [-0.05, 0) is 39.3 Å². The average Bonchev–Trinajstić information content (AvgIpc) is 3.07. The van der Waals surface area contributed by atoms with Gasteiger partial charge in [-0.3, -0.25) is 9.89 Å². The highest BCUT2D eigenvalue weighted by atomic mass is 16.1. The molecule has 0 fully saturated rings. The van der Waals surface area contributed by atoms with E-state index in [4.69, 9.17) is 0 Å². The molecule has 6 nitrogen and oxygen atoms in total. The minimum Gasteiger partial charge on any atom is -0.379 e. The van der Waals surface area contributed by atoms with Crippen LogP contribution >= 0.6 is 0 Å². The number of allylic oxidation sites excluding steroid dienone is 3. The van der Waals surface area contributed by atoms with E-state index < -0.39 is 0 Å². The van der Waals surface area contributed by atoms with E-state index in [0.717, 1.165) is 22.4 Å². The molecular formula is C20H23N5O. The smallest absolute Gasteiger partial charge is 0.274 e. The first-order valence-corrected chi connectivity index (χ1v) is 8.61. The van der Waals surface area contributed by atoms with Crippen molar-refractivity contribution in [1.29, 1.82) is 0 Å². The van der Waals surface area contributed by atoms with Crippen LogP contribution in [0.3, 0.4) is 0 Å². The number of hydrogen-bond donors (Lipinski definition) is 2. The van der Waals surface area contributed by atoms with E-state index in [1.807, 2.05) is 64.1 Å². The lowest BCUT2D eigenvalue weighted by Crippen LogP contribution is -2.20. The Morgan fingerprint density at radius 2 is 2.04 bits per heavy atom. The third kappa shape index (κ3) is 3.59. The van der Waals surface area contributed by atoms with Gasteiger partial charge in [-0.25, -0.2) is 4.98 Å². The Balaban J connectivity index is 1.92. The molecule has 0 saturated heterocycles. The van der Waals surface area contributed by atoms with Crippen LogP contribution in [0.25, 0.3) is 17.2 Å². The summed E-state index contributed by atoms with van der Waals surface area (Å²) in [4.78, 5) is 21.4. The number of aryl methyl sites for hydroxylation is 1. The fourth-order valence-corrected chi connectivity index (χ4v) is 2.75. The molecule has 134 valence electrons. The number of rotatable bonds is 5. The van der Waals surface area contributed by atoms with Gasteiger partial charge < -0.3 is 5.32 Å². The summed E-state index contributed by atoms with van der Waals surface area (Å²) in [5, 5.41) is 6.35. The summed E-state index contributed by atoms with van der Waals surface area (Å²) in [6.45, 7) is 8.49. The highest BCUT2D eigenvalue weighted by molar-refractivity contribution is 5.57. The Kier molecular flexibility index (Phi) is 5.02. The van der Waals surface area contributed by atoms with Crippen LogP contribution in [0, 0.1) is 6.92 Å². The highest BCUT2D eigenvalue weighted by Gasteiger charge is 2.10. The molecule has 1 aromatic carbocycles. The van der Waals surface area contributed by atoms with E-state index in [0.29, 0.717) is 23.8 Å². The number of aromatic amines is 1. The van der Waals surface area contributed by atoms with Crippen LogP contribution in [0.4, 0.5) is 0 Å². The Bertz CT molecular complexity index is 1060. The Labute approximate surface area is 152 Å². The maximum atomic E-state index is 12.4. The Hall–Kier alpha value is -3.15. The minimum absolute atomic E-state index is 0.178. The van der Waals surface area contributed by atoms with Crippen molar-refractivity contribution in [2.75, 3.05) is 0 Å². The lowest BCUT2D eigenvalue weighted by molar-refractivity contribution is 0.777. The van der Waals surface area contributed by atoms with Crippen molar-refractivity contribution in [3.8, 4) is 11.4 Å². The first kappa shape index (κ1) is 17.7. The van der Waals surface area contributed by atoms with Gasteiger partial charge in [0.1, 0.15) is 0 Å². The summed E-state index contributed by atoms with van der Waals surface area (Å²) < 4.78 is 1.37. The Morgan fingerprint density at radius 3 is 2.73 bits per heavy atom. The molecule has 0 radical (unpaired) electrons. The van der Waals surface area contributed by atoms with Crippen LogP contribution in [0.2, 0.25) is 0 Å². The second kappa shape index (κ2) is 7.39. The molecule has 0 aliphatic carbocycles. The summed E-state index contributed by atoms with van der Waals surface area (Å²) in [5.41, 5.74) is 4.70. The van der Waals surface area contributed by atoms with Crippen molar-refractivity contribution in [2.45, 2.75) is 34.2 Å². The lowest BCUT2D eigenvalue weighted by atomic mass is 10.1. The Morgan fingerprint density at radius 1 is 1.23 bits per heavy atom. The van der Waals surface area contributed by atoms with Crippen LogP contribution in [0.5, 0.6) is 0 Å². The van der Waals surface area contributed by atoms with E-state index in [2.05, 4.69) is 20.4 Å². The number of nitrogens with zero attached hydrogens (tertiary/aromatic N) is 3. The zero-order chi connectivity index (χ0) is 18.7. The molecule has 0 spiro atoms. The zero-order valence-electron chi connectivity index (χ0n) is 15.5. The number of fused-ring (bicyclic) bond motifs is 1. The number of nitrogens with one attached hydrogen (secondary N) is 2. The van der Waals surface area contributed by atoms with Gasteiger partial charge in [0.05, 0.1) is 12.2 Å². The molecule has 2 aromatic heterocycles. The average molecular weight is 349 g/mol. The standard InChI is InChI=1S/C20H23N5O/c1-5-14(4)17(6-2)21-12-16-11-18(26)25-20(22-16)23-19(24-25)15-9-7-8-13(3)10-15/h5-11,21H,12H2,1-4H3,(H,22,23,24)/b14-5-,17-6+. The fourth-order valence-electron chi connectivity index (χ4n) is 2.75. The van der Waals surface area contributed by atoms with Gasteiger partial charge in [0.25, 0.3) is 11.3 Å². The maximum absolute atomic E-state index is 12.4. The summed E-state index contributed by atoms with van der Waals surface area (Å²) in [7, 11) is 0. The normalized spacial score (nSPS) is 12.6. The fraction of sp³-hybridized carbons (Fsp3) is 0.250. The molecule has 2 N–H and O–H groups in total. The monoisotopic (exact) mass is 349 g/mol. The van der Waals surface area contributed by atoms with E-state index in [1.54, 1.807) is 0 Å². The quantitative estimate of drug-likeness (QED) is 0.693. The molecule has 0 aliphatic heterocycles. The molecule has 0 unspecified atom stereocenters. The van der Waals surface area contributed by atoms with Crippen LogP contribution in [0.1, 0.15) is 32.0 Å². The number of benzene rings is 1. The van der Waals surface area contributed by atoms with Crippen molar-refractivity contribution >= 4 is 5.78 Å². The number of aromatic nitrogens is 4. The largest absolute Gasteiger partial charge is 0.379 e. The van der Waals surface area contributed by atoms with E-state index in [1.165, 1.54) is 10.6 Å². The van der Waals surface area contributed by atoms with Crippen LogP contribution in [-0.4, -0.2) is 19.6 Å². The molecule has 0 bridgehead atoms. The second-order valence-corrected chi connectivity index (χ2v) is 6.19. The zero-order valence-corrected chi connectivity index (χ0v) is 15.5. The van der Waals surface area contributed by atoms with Crippen molar-refractivity contribution in [2.24, 2.45) is 0 Å². The SMILES string of the molecule is C/C=C(C)\C(=C/C)NCc1cc(=O)n2[nH]c(-c3cccc(C)c3)nc2n1. The van der Waals surface area contributed by atoms with E-state index in [-0.39, 0.29) is 5.56 Å². The van der Waals surface area contributed by atoms with E-state index in [9.17, 15) is 4.79 Å². The van der Waals surface area contributed by atoms with Gasteiger partial charge in [0.2, 0.25) is 0 Å². The van der Waals surface area contributed by atoms with Crippen molar-refractivity contribution in [3.63, 3.8) is 0 Å². The van der Waals surface area contributed by atoms with Gasteiger partial charge in [0.15, 0.2) is 5.82 Å². The summed E-state index contributed by atoms with van der Waals surface area (Å²) >= 11 is 0. The van der Waals surface area contributed by atoms with E-state index >= 15 is 0 Å². The molecule has 2 heterocycles. The molecular weight excluding hydrogens is 326 g/mol. The van der Waals surface area contributed by atoms with Crippen LogP contribution in [0.15, 0.2) is 58.5 Å². The lowest BCUT2D eigenvalue weighted by Gasteiger charge is -2.10. The predicted octanol–water partition coefficient (Wildman–Crippen LogP) is 3.35. The van der Waals surface area contributed by atoms with Gasteiger partial charge in [-0.15, -0.1) is 0 Å². The molecule has 26 heavy (non-hydrogen) atoms. The predicted molar refractivity (Wildman–Crippen MR) is 104 cm³/mol. The molecule has 3 aromatic rings. The molecule has 6 heteroatoms. The first-order chi connectivity index (χ1) is 12.5. The molecule has 0 amide bonds. The third-order valence-electron chi connectivity index (χ3n) is 4.28. The topological polar surface area (TPSA) is 75.1 Å². The van der Waals surface area contributed by atoms with Gasteiger partial charge >= 0.3 is 0 Å². The van der Waals surface area contributed by atoms with Crippen molar-refractivity contribution in [1.82, 2.24) is 24.9 Å². The number of H-pyrrole nitrogens is 1. The first-order valence-electron chi connectivity index (χ1n) is 8.61. The molecule has 0 atom stereocenters. The van der Waals surface area contributed by atoms with Gasteiger partial charge in [0, 0.05) is 17.3 Å². The van der Waals surface area contributed by atoms with Crippen molar-refractivity contribution < 1.29 is 0 Å². The molecule has 0 aliphatic rings. The third-order valence-corrected chi connectivity index (χ3v) is 4.28. The van der Waals surface area contributed by atoms with Gasteiger partial charge in [-0.1, -0.05) is 35.9 Å². The summed E-state index contributed by atoms with van der Waals surface area (Å²) in [6.07, 6.45) is 4.04. The summed E-state index contributed by atoms with van der Waals surface area (Å²) in [5.74, 6) is 0.998. The number of hydrogen-bond acceptors (Lipinski definition) is 4. The molecule has 0 saturated carbocycles. The molecule has 3 rings (SSSR count).